The van der Waals surface area contributed by atoms with Crippen molar-refractivity contribution in [3.63, 3.8) is 0 Å². The van der Waals surface area contributed by atoms with Gasteiger partial charge in [0.1, 0.15) is 18.1 Å². The van der Waals surface area contributed by atoms with Gasteiger partial charge in [-0.15, -0.1) is 0 Å². The van der Waals surface area contributed by atoms with Gasteiger partial charge in [-0.05, 0) is 88.6 Å². The van der Waals surface area contributed by atoms with Gasteiger partial charge in [-0.3, -0.25) is 4.79 Å². The summed E-state index contributed by atoms with van der Waals surface area (Å²) < 4.78 is 11.3. The van der Waals surface area contributed by atoms with Gasteiger partial charge < -0.3 is 9.47 Å². The van der Waals surface area contributed by atoms with Crippen LogP contribution in [0.1, 0.15) is 31.8 Å². The predicted molar refractivity (Wildman–Crippen MR) is 153 cm³/mol. The minimum absolute atomic E-state index is 0.351. The molecule has 0 unspecified atom stereocenters. The number of benzene rings is 5. The highest BCUT2D eigenvalue weighted by molar-refractivity contribution is 6.30. The molecule has 0 aliphatic carbocycles. The van der Waals surface area contributed by atoms with Crippen molar-refractivity contribution in [3.05, 3.63) is 143 Å². The molecule has 6 nitrogen and oxygen atoms in total. The van der Waals surface area contributed by atoms with Gasteiger partial charge in [0.25, 0.3) is 5.91 Å². The minimum atomic E-state index is -0.429. The van der Waals surface area contributed by atoms with Crippen LogP contribution in [0.4, 0.5) is 0 Å². The summed E-state index contributed by atoms with van der Waals surface area (Å²) in [5.74, 6) is 0.275. The van der Waals surface area contributed by atoms with E-state index in [0.29, 0.717) is 34.3 Å². The van der Waals surface area contributed by atoms with Gasteiger partial charge in [-0.25, -0.2) is 10.2 Å². The maximum Gasteiger partial charge on any atom is 0.344 e. The Morgan fingerprint density at radius 3 is 2.23 bits per heavy atom. The monoisotopic (exact) mass is 534 g/mol. The number of ether oxygens (including phenoxy) is 2. The Kier molecular flexibility index (Phi) is 7.95. The molecule has 7 heteroatoms. The molecule has 5 rings (SSSR count). The number of fused-ring (bicyclic) bond motifs is 1. The molecule has 0 heterocycles. The Balaban J connectivity index is 1.12. The molecule has 1 amide bonds. The van der Waals surface area contributed by atoms with Crippen molar-refractivity contribution in [2.24, 2.45) is 5.10 Å². The molecular weight excluding hydrogens is 512 g/mol. The van der Waals surface area contributed by atoms with Crippen molar-refractivity contribution in [3.8, 4) is 11.5 Å². The standard InChI is InChI=1S/C32H23ClN2O4/c33-26-14-8-23(9-15-26)21-38-27-18-12-25(13-19-27)31(36)35-34-20-22-10-16-28(17-11-22)39-32(37)30-7-3-5-24-4-1-2-6-29(24)30/h1-20H,21H2,(H,35,36). The van der Waals surface area contributed by atoms with Gasteiger partial charge in [0, 0.05) is 10.6 Å². The van der Waals surface area contributed by atoms with E-state index in [9.17, 15) is 9.59 Å². The average Bonchev–Trinajstić information content (AvgIpc) is 2.97. The molecule has 1 N–H and O–H groups in total. The van der Waals surface area contributed by atoms with E-state index in [1.54, 1.807) is 54.6 Å². The SMILES string of the molecule is O=C(NN=Cc1ccc(OC(=O)c2cccc3ccccc23)cc1)c1ccc(OCc2ccc(Cl)cc2)cc1. The van der Waals surface area contributed by atoms with Crippen LogP contribution in [0.3, 0.4) is 0 Å². The summed E-state index contributed by atoms with van der Waals surface area (Å²) in [5.41, 5.74) is 5.18. The number of nitrogens with zero attached hydrogens (tertiary/aromatic N) is 1. The third-order valence-corrected chi connectivity index (χ3v) is 6.17. The maximum atomic E-state index is 12.7. The Bertz CT molecular complexity index is 1630. The largest absolute Gasteiger partial charge is 0.489 e. The minimum Gasteiger partial charge on any atom is -0.489 e. The molecule has 0 aliphatic rings. The second-order valence-electron chi connectivity index (χ2n) is 8.62. The number of hydrogen-bond donors (Lipinski definition) is 1. The first-order chi connectivity index (χ1) is 19.0. The molecule has 0 atom stereocenters. The van der Waals surface area contributed by atoms with E-state index in [2.05, 4.69) is 10.5 Å². The van der Waals surface area contributed by atoms with Crippen molar-refractivity contribution in [2.75, 3.05) is 0 Å². The molecule has 0 radical (unpaired) electrons. The maximum absolute atomic E-state index is 12.7. The van der Waals surface area contributed by atoms with E-state index in [1.807, 2.05) is 60.7 Å². The van der Waals surface area contributed by atoms with Gasteiger partial charge in [0.15, 0.2) is 0 Å². The lowest BCUT2D eigenvalue weighted by molar-refractivity contribution is 0.0736. The Morgan fingerprint density at radius 1 is 0.769 bits per heavy atom. The molecule has 0 bridgehead atoms. The van der Waals surface area contributed by atoms with Crippen molar-refractivity contribution in [1.29, 1.82) is 0 Å². The number of carbonyl (C=O) groups is 2. The van der Waals surface area contributed by atoms with Crippen LogP contribution >= 0.6 is 11.6 Å². The van der Waals surface area contributed by atoms with Crippen molar-refractivity contribution < 1.29 is 19.1 Å². The summed E-state index contributed by atoms with van der Waals surface area (Å²) in [5, 5.41) is 6.50. The van der Waals surface area contributed by atoms with Crippen LogP contribution in [0.5, 0.6) is 11.5 Å². The summed E-state index contributed by atoms with van der Waals surface area (Å²) in [6, 6.07) is 34.2. The number of halogens is 1. The highest BCUT2D eigenvalue weighted by Crippen LogP contribution is 2.21. The Hall–Kier alpha value is -4.94. The smallest absolute Gasteiger partial charge is 0.344 e. The third-order valence-electron chi connectivity index (χ3n) is 5.92. The second kappa shape index (κ2) is 12.1. The molecule has 0 spiro atoms. The number of carbonyl (C=O) groups excluding carboxylic acids is 2. The third kappa shape index (κ3) is 6.69. The van der Waals surface area contributed by atoms with Crippen LogP contribution < -0.4 is 14.9 Å². The van der Waals surface area contributed by atoms with Gasteiger partial charge in [-0.2, -0.15) is 5.10 Å². The van der Waals surface area contributed by atoms with E-state index in [-0.39, 0.29) is 5.91 Å². The zero-order valence-electron chi connectivity index (χ0n) is 20.7. The van der Waals surface area contributed by atoms with Crippen LogP contribution in [-0.2, 0) is 6.61 Å². The van der Waals surface area contributed by atoms with Gasteiger partial charge >= 0.3 is 5.97 Å². The van der Waals surface area contributed by atoms with Gasteiger partial charge in [-0.1, -0.05) is 60.1 Å². The number of hydrazone groups is 1. The zero-order chi connectivity index (χ0) is 27.0. The number of amides is 1. The molecule has 0 saturated heterocycles. The lowest BCUT2D eigenvalue weighted by atomic mass is 10.0. The number of hydrogen-bond acceptors (Lipinski definition) is 5. The molecule has 0 aromatic heterocycles. The fraction of sp³-hybridized carbons (Fsp3) is 0.0312. The summed E-state index contributed by atoms with van der Waals surface area (Å²) >= 11 is 5.90. The number of rotatable bonds is 8. The predicted octanol–water partition coefficient (Wildman–Crippen LogP) is 7.06. The highest BCUT2D eigenvalue weighted by Gasteiger charge is 2.12. The van der Waals surface area contributed by atoms with Crippen LogP contribution in [0.2, 0.25) is 5.02 Å². The van der Waals surface area contributed by atoms with Crippen LogP contribution in [0, 0.1) is 0 Å². The van der Waals surface area contributed by atoms with Crippen LogP contribution in [-0.4, -0.2) is 18.1 Å². The first-order valence-electron chi connectivity index (χ1n) is 12.2. The number of esters is 1. The molecule has 5 aromatic rings. The van der Waals surface area contributed by atoms with E-state index in [1.165, 1.54) is 6.21 Å². The topological polar surface area (TPSA) is 77.0 Å². The molecule has 0 fully saturated rings. The molecule has 5 aromatic carbocycles. The summed E-state index contributed by atoms with van der Waals surface area (Å²) in [6.07, 6.45) is 1.51. The fourth-order valence-electron chi connectivity index (χ4n) is 3.87. The molecular formula is C32H23ClN2O4. The lowest BCUT2D eigenvalue weighted by Gasteiger charge is -2.07. The summed E-state index contributed by atoms with van der Waals surface area (Å²) in [4.78, 5) is 25.1. The first kappa shape index (κ1) is 25.7. The highest BCUT2D eigenvalue weighted by atomic mass is 35.5. The second-order valence-corrected chi connectivity index (χ2v) is 9.06. The van der Waals surface area contributed by atoms with Gasteiger partial charge in [0.2, 0.25) is 0 Å². The fourth-order valence-corrected chi connectivity index (χ4v) is 3.99. The van der Waals surface area contributed by atoms with Crippen molar-refractivity contribution in [2.45, 2.75) is 6.61 Å². The zero-order valence-corrected chi connectivity index (χ0v) is 21.5. The molecule has 39 heavy (non-hydrogen) atoms. The van der Waals surface area contributed by atoms with Crippen molar-refractivity contribution >= 4 is 40.5 Å². The van der Waals surface area contributed by atoms with E-state index >= 15 is 0 Å². The average molecular weight is 535 g/mol. The Morgan fingerprint density at radius 2 is 1.46 bits per heavy atom. The first-order valence-corrected chi connectivity index (χ1v) is 12.5. The van der Waals surface area contributed by atoms with E-state index in [0.717, 1.165) is 21.9 Å². The summed E-state index contributed by atoms with van der Waals surface area (Å²) in [6.45, 7) is 0.397. The van der Waals surface area contributed by atoms with E-state index < -0.39 is 5.97 Å². The molecule has 0 saturated carbocycles. The Labute approximate surface area is 230 Å². The quantitative estimate of drug-likeness (QED) is 0.100. The van der Waals surface area contributed by atoms with Crippen LogP contribution in [0.15, 0.2) is 120 Å². The molecule has 192 valence electrons. The number of nitrogens with one attached hydrogen (secondary N) is 1. The van der Waals surface area contributed by atoms with Crippen LogP contribution in [0.25, 0.3) is 10.8 Å². The lowest BCUT2D eigenvalue weighted by Crippen LogP contribution is -2.17. The normalized spacial score (nSPS) is 10.9. The van der Waals surface area contributed by atoms with Crippen molar-refractivity contribution in [1.82, 2.24) is 5.43 Å². The molecule has 0 aliphatic heterocycles. The summed E-state index contributed by atoms with van der Waals surface area (Å²) in [7, 11) is 0. The van der Waals surface area contributed by atoms with Gasteiger partial charge in [0.05, 0.1) is 11.8 Å². The van der Waals surface area contributed by atoms with E-state index in [4.69, 9.17) is 21.1 Å².